The number of rotatable bonds is 4. The second-order valence-corrected chi connectivity index (χ2v) is 6.40. The minimum absolute atomic E-state index is 0.0885. The van der Waals surface area contributed by atoms with E-state index in [0.29, 0.717) is 0 Å². The molecule has 1 atom stereocenters. The zero-order chi connectivity index (χ0) is 13.9. The van der Waals surface area contributed by atoms with Crippen molar-refractivity contribution in [2.75, 3.05) is 0 Å². The summed E-state index contributed by atoms with van der Waals surface area (Å²) in [4.78, 5) is 23.9. The Bertz CT molecular complexity index is 313. The summed E-state index contributed by atoms with van der Waals surface area (Å²) in [5.41, 5.74) is -0.537. The first kappa shape index (κ1) is 15.0. The Labute approximate surface area is 109 Å². The van der Waals surface area contributed by atoms with Crippen molar-refractivity contribution in [1.82, 2.24) is 5.32 Å². The number of amides is 1. The average molecular weight is 255 g/mol. The molecule has 1 amide bonds. The molecule has 0 aliphatic heterocycles. The number of alkyl carbamates (subject to hydrolysis) is 1. The van der Waals surface area contributed by atoms with E-state index in [1.165, 1.54) is 0 Å². The third-order valence-corrected chi connectivity index (χ3v) is 3.15. The van der Waals surface area contributed by atoms with E-state index < -0.39 is 17.7 Å². The molecule has 1 aliphatic carbocycles. The second kappa shape index (κ2) is 5.72. The number of hydrogen-bond acceptors (Lipinski definition) is 3. The minimum atomic E-state index is -0.537. The average Bonchev–Trinajstić information content (AvgIpc) is 2.07. The Morgan fingerprint density at radius 2 is 1.78 bits per heavy atom. The summed E-state index contributed by atoms with van der Waals surface area (Å²) < 4.78 is 5.20. The lowest BCUT2D eigenvalue weighted by atomic mass is 9.78. The summed E-state index contributed by atoms with van der Waals surface area (Å²) in [5.74, 6) is 0.375. The van der Waals surface area contributed by atoms with Crippen LogP contribution in [0.4, 0.5) is 4.79 Å². The molecule has 18 heavy (non-hydrogen) atoms. The van der Waals surface area contributed by atoms with E-state index in [-0.39, 0.29) is 17.6 Å². The Balaban J connectivity index is 2.57. The molecule has 0 radical (unpaired) electrons. The lowest BCUT2D eigenvalue weighted by Crippen LogP contribution is -2.49. The molecule has 104 valence electrons. The number of ether oxygens (including phenoxy) is 1. The molecule has 0 saturated heterocycles. The summed E-state index contributed by atoms with van der Waals surface area (Å²) in [6.45, 7) is 9.32. The third-order valence-electron chi connectivity index (χ3n) is 3.15. The monoisotopic (exact) mass is 255 g/mol. The molecule has 0 spiro atoms. The first-order valence-corrected chi connectivity index (χ1v) is 6.74. The van der Waals surface area contributed by atoms with Gasteiger partial charge in [0.25, 0.3) is 0 Å². The molecular weight excluding hydrogens is 230 g/mol. The molecule has 4 heteroatoms. The fraction of sp³-hybridized carbons (Fsp3) is 0.857. The zero-order valence-corrected chi connectivity index (χ0v) is 12.1. The number of carbonyl (C=O) groups excluding carboxylic acids is 2. The molecule has 0 aromatic rings. The molecule has 0 bridgehead atoms. The second-order valence-electron chi connectivity index (χ2n) is 6.40. The van der Waals surface area contributed by atoms with Gasteiger partial charge in [-0.15, -0.1) is 0 Å². The minimum Gasteiger partial charge on any atom is -0.444 e. The molecule has 1 aliphatic rings. The molecule has 1 fully saturated rings. The molecule has 1 N–H and O–H groups in total. The first-order valence-electron chi connectivity index (χ1n) is 6.74. The van der Waals surface area contributed by atoms with Crippen molar-refractivity contribution in [2.45, 2.75) is 65.5 Å². The highest BCUT2D eigenvalue weighted by atomic mass is 16.6. The van der Waals surface area contributed by atoms with E-state index in [4.69, 9.17) is 4.74 Å². The van der Waals surface area contributed by atoms with Crippen molar-refractivity contribution < 1.29 is 14.3 Å². The molecule has 4 nitrogen and oxygen atoms in total. The van der Waals surface area contributed by atoms with Gasteiger partial charge in [-0.05, 0) is 39.5 Å². The van der Waals surface area contributed by atoms with Crippen LogP contribution >= 0.6 is 0 Å². The molecule has 1 saturated carbocycles. The summed E-state index contributed by atoms with van der Waals surface area (Å²) in [6.07, 6.45) is 2.53. The Hall–Kier alpha value is -1.06. The van der Waals surface area contributed by atoms with Gasteiger partial charge in [-0.1, -0.05) is 20.3 Å². The van der Waals surface area contributed by atoms with Crippen molar-refractivity contribution in [2.24, 2.45) is 11.8 Å². The van der Waals surface area contributed by atoms with Gasteiger partial charge in [0.2, 0.25) is 0 Å². The van der Waals surface area contributed by atoms with Gasteiger partial charge < -0.3 is 10.1 Å². The van der Waals surface area contributed by atoms with Gasteiger partial charge in [-0.2, -0.15) is 0 Å². The van der Waals surface area contributed by atoms with Gasteiger partial charge in [0.05, 0.1) is 6.04 Å². The van der Waals surface area contributed by atoms with Crippen molar-refractivity contribution >= 4 is 11.9 Å². The SMILES string of the molecule is CC(C)[C@@H](NC(=O)OC(C)(C)C)C(=O)C1CCC1. The normalized spacial score (nSPS) is 18.1. The van der Waals surface area contributed by atoms with Crippen LogP contribution in [-0.2, 0) is 9.53 Å². The highest BCUT2D eigenvalue weighted by Gasteiger charge is 2.34. The van der Waals surface area contributed by atoms with Crippen molar-refractivity contribution in [3.05, 3.63) is 0 Å². The van der Waals surface area contributed by atoms with Gasteiger partial charge in [-0.25, -0.2) is 4.79 Å². The van der Waals surface area contributed by atoms with E-state index >= 15 is 0 Å². The third kappa shape index (κ3) is 4.31. The van der Waals surface area contributed by atoms with Crippen molar-refractivity contribution in [3.63, 3.8) is 0 Å². The number of nitrogens with one attached hydrogen (secondary N) is 1. The predicted octanol–water partition coefficient (Wildman–Crippen LogP) is 2.90. The van der Waals surface area contributed by atoms with Crippen LogP contribution in [0.25, 0.3) is 0 Å². The van der Waals surface area contributed by atoms with Gasteiger partial charge in [0.15, 0.2) is 5.78 Å². The fourth-order valence-corrected chi connectivity index (χ4v) is 1.95. The Kier molecular flexibility index (Phi) is 4.77. The predicted molar refractivity (Wildman–Crippen MR) is 70.3 cm³/mol. The Morgan fingerprint density at radius 3 is 2.11 bits per heavy atom. The Morgan fingerprint density at radius 1 is 1.22 bits per heavy atom. The van der Waals surface area contributed by atoms with Crippen LogP contribution < -0.4 is 5.32 Å². The van der Waals surface area contributed by atoms with Gasteiger partial charge >= 0.3 is 6.09 Å². The summed E-state index contributed by atoms with van der Waals surface area (Å²) in [5, 5.41) is 2.71. The van der Waals surface area contributed by atoms with Gasteiger partial charge in [0, 0.05) is 5.92 Å². The van der Waals surface area contributed by atoms with Crippen molar-refractivity contribution in [3.8, 4) is 0 Å². The summed E-state index contributed by atoms with van der Waals surface area (Å²) in [6, 6.07) is -0.426. The first-order chi connectivity index (χ1) is 8.20. The smallest absolute Gasteiger partial charge is 0.408 e. The lowest BCUT2D eigenvalue weighted by Gasteiger charge is -2.31. The lowest BCUT2D eigenvalue weighted by molar-refractivity contribution is -0.128. The van der Waals surface area contributed by atoms with E-state index in [1.807, 2.05) is 34.6 Å². The van der Waals surface area contributed by atoms with Gasteiger partial charge in [-0.3, -0.25) is 4.79 Å². The summed E-state index contributed by atoms with van der Waals surface area (Å²) >= 11 is 0. The number of Topliss-reactive ketones (excluding diaryl/α,β-unsaturated/α-hetero) is 1. The highest BCUT2D eigenvalue weighted by Crippen LogP contribution is 2.29. The fourth-order valence-electron chi connectivity index (χ4n) is 1.95. The van der Waals surface area contributed by atoms with Crippen LogP contribution in [0.2, 0.25) is 0 Å². The van der Waals surface area contributed by atoms with Crippen LogP contribution in [0.15, 0.2) is 0 Å². The topological polar surface area (TPSA) is 55.4 Å². The molecule has 1 rings (SSSR count). The van der Waals surface area contributed by atoms with Crippen LogP contribution in [0.1, 0.15) is 53.9 Å². The summed E-state index contributed by atoms with van der Waals surface area (Å²) in [7, 11) is 0. The molecular formula is C14H25NO3. The molecule has 0 aromatic heterocycles. The quantitative estimate of drug-likeness (QED) is 0.840. The number of ketones is 1. The van der Waals surface area contributed by atoms with E-state index in [2.05, 4.69) is 5.32 Å². The molecule has 0 heterocycles. The van der Waals surface area contributed by atoms with Crippen LogP contribution in [-0.4, -0.2) is 23.5 Å². The molecule has 0 aromatic carbocycles. The van der Waals surface area contributed by atoms with Crippen LogP contribution in [0.5, 0.6) is 0 Å². The van der Waals surface area contributed by atoms with E-state index in [0.717, 1.165) is 19.3 Å². The standard InChI is InChI=1S/C14H25NO3/c1-9(2)11(12(16)10-7-6-8-10)15-13(17)18-14(3,4)5/h9-11H,6-8H2,1-5H3,(H,15,17)/t11-/m1/s1. The van der Waals surface area contributed by atoms with Crippen molar-refractivity contribution in [1.29, 1.82) is 0 Å². The van der Waals surface area contributed by atoms with Crippen LogP contribution in [0, 0.1) is 11.8 Å². The maximum atomic E-state index is 12.2. The van der Waals surface area contributed by atoms with Crippen LogP contribution in [0.3, 0.4) is 0 Å². The number of carbonyl (C=O) groups is 2. The van der Waals surface area contributed by atoms with E-state index in [1.54, 1.807) is 0 Å². The highest BCUT2D eigenvalue weighted by molar-refractivity contribution is 5.90. The largest absolute Gasteiger partial charge is 0.444 e. The number of hydrogen-bond donors (Lipinski definition) is 1. The maximum Gasteiger partial charge on any atom is 0.408 e. The zero-order valence-electron chi connectivity index (χ0n) is 12.1. The maximum absolute atomic E-state index is 12.2. The van der Waals surface area contributed by atoms with Gasteiger partial charge in [0.1, 0.15) is 5.60 Å². The molecule has 0 unspecified atom stereocenters. The van der Waals surface area contributed by atoms with E-state index in [9.17, 15) is 9.59 Å².